The summed E-state index contributed by atoms with van der Waals surface area (Å²) in [5, 5.41) is 0.554. The molecule has 0 unspecified atom stereocenters. The fraction of sp³-hybridized carbons (Fsp3) is 0.0500. The van der Waals surface area contributed by atoms with Gasteiger partial charge in [0.2, 0.25) is 5.71 Å². The van der Waals surface area contributed by atoms with Gasteiger partial charge >= 0.3 is 0 Å². The first kappa shape index (κ1) is 16.1. The summed E-state index contributed by atoms with van der Waals surface area (Å²) in [6.45, 7) is 0.601. The van der Waals surface area contributed by atoms with Gasteiger partial charge < -0.3 is 8.98 Å². The first-order valence-electron chi connectivity index (χ1n) is 7.75. The number of rotatable bonds is 3. The highest BCUT2D eigenvalue weighted by atomic mass is 127. The minimum absolute atomic E-state index is 0.0826. The molecule has 0 atom stereocenters. The lowest BCUT2D eigenvalue weighted by molar-refractivity contribution is 0.583. The summed E-state index contributed by atoms with van der Waals surface area (Å²) in [4.78, 5) is 12.4. The number of hydrogen-bond acceptors (Lipinski definition) is 2. The van der Waals surface area contributed by atoms with E-state index in [2.05, 4.69) is 22.6 Å². The van der Waals surface area contributed by atoms with Crippen LogP contribution in [0.3, 0.4) is 0 Å². The Kier molecular flexibility index (Phi) is 4.17. The summed E-state index contributed by atoms with van der Waals surface area (Å²) in [6, 6.07) is 17.6. The number of halogens is 2. The minimum Gasteiger partial charge on any atom is -0.438 e. The van der Waals surface area contributed by atoms with Gasteiger partial charge in [0.05, 0.1) is 15.5 Å². The Hall–Kier alpha value is -2.41. The number of furan rings is 1. The van der Waals surface area contributed by atoms with Gasteiger partial charge in [-0.3, -0.25) is 4.79 Å². The van der Waals surface area contributed by atoms with Crippen LogP contribution in [0.2, 0.25) is 0 Å². The second-order valence-electron chi connectivity index (χ2n) is 5.73. The van der Waals surface area contributed by atoms with Crippen molar-refractivity contribution in [2.75, 3.05) is 0 Å². The smallest absolute Gasteiger partial charge is 0.212 e. The summed E-state index contributed by atoms with van der Waals surface area (Å²) in [5.74, 6) is 0.277. The third-order valence-electron chi connectivity index (χ3n) is 4.05. The molecular formula is C20H13FINO2. The highest BCUT2D eigenvalue weighted by Gasteiger charge is 2.18. The van der Waals surface area contributed by atoms with Crippen LogP contribution in [0.5, 0.6) is 0 Å². The van der Waals surface area contributed by atoms with E-state index in [1.165, 1.54) is 12.1 Å². The molecule has 2 aromatic heterocycles. The van der Waals surface area contributed by atoms with Crippen molar-refractivity contribution in [1.29, 1.82) is 0 Å². The Morgan fingerprint density at radius 2 is 1.72 bits per heavy atom. The molecule has 0 N–H and O–H groups in total. The fourth-order valence-electron chi connectivity index (χ4n) is 2.82. The van der Waals surface area contributed by atoms with Crippen LogP contribution < -0.4 is 5.43 Å². The van der Waals surface area contributed by atoms with Crippen molar-refractivity contribution in [1.82, 2.24) is 4.57 Å². The molecular weight excluding hydrogens is 432 g/mol. The molecule has 124 valence electrons. The molecule has 0 radical (unpaired) electrons. The molecule has 25 heavy (non-hydrogen) atoms. The Labute approximate surface area is 156 Å². The average molecular weight is 445 g/mol. The second kappa shape index (κ2) is 6.48. The second-order valence-corrected chi connectivity index (χ2v) is 6.80. The Bertz CT molecular complexity index is 1100. The van der Waals surface area contributed by atoms with Crippen LogP contribution in [0, 0.1) is 9.39 Å². The van der Waals surface area contributed by atoms with Crippen LogP contribution in [-0.4, -0.2) is 4.57 Å². The van der Waals surface area contributed by atoms with E-state index in [1.807, 2.05) is 34.9 Å². The lowest BCUT2D eigenvalue weighted by Crippen LogP contribution is -2.07. The van der Waals surface area contributed by atoms with Gasteiger partial charge in [-0.25, -0.2) is 4.39 Å². The first-order valence-corrected chi connectivity index (χ1v) is 8.82. The molecule has 0 aliphatic heterocycles. The van der Waals surface area contributed by atoms with E-state index in [9.17, 15) is 9.18 Å². The van der Waals surface area contributed by atoms with Gasteiger partial charge in [0.1, 0.15) is 5.82 Å². The van der Waals surface area contributed by atoms with Crippen LogP contribution in [-0.2, 0) is 6.54 Å². The summed E-state index contributed by atoms with van der Waals surface area (Å²) >= 11 is 2.12. The standard InChI is InChI=1S/C20H13FINO2/c21-15-8-6-14(7-9-15)19-18(22)17-16(24)10-11-23(20(17)25-19)12-13-4-2-1-3-5-13/h1-11H,12H2. The summed E-state index contributed by atoms with van der Waals surface area (Å²) in [5.41, 5.74) is 2.30. The van der Waals surface area contributed by atoms with Crippen LogP contribution >= 0.6 is 22.6 Å². The Morgan fingerprint density at radius 1 is 1.00 bits per heavy atom. The van der Waals surface area contributed by atoms with E-state index in [1.54, 1.807) is 24.4 Å². The van der Waals surface area contributed by atoms with E-state index in [0.717, 1.165) is 14.7 Å². The van der Waals surface area contributed by atoms with E-state index in [-0.39, 0.29) is 11.2 Å². The lowest BCUT2D eigenvalue weighted by atomic mass is 10.1. The van der Waals surface area contributed by atoms with E-state index < -0.39 is 0 Å². The molecule has 2 aromatic carbocycles. The SMILES string of the molecule is O=c1ccn(Cc2ccccc2)c2oc(-c3ccc(F)cc3)c(I)c12. The maximum atomic E-state index is 13.2. The van der Waals surface area contributed by atoms with Crippen LogP contribution in [0.25, 0.3) is 22.4 Å². The zero-order valence-corrected chi connectivity index (χ0v) is 15.2. The van der Waals surface area contributed by atoms with E-state index >= 15 is 0 Å². The van der Waals surface area contributed by atoms with Crippen LogP contribution in [0.1, 0.15) is 5.56 Å². The van der Waals surface area contributed by atoms with E-state index in [4.69, 9.17) is 4.42 Å². The predicted molar refractivity (Wildman–Crippen MR) is 104 cm³/mol. The van der Waals surface area contributed by atoms with Crippen molar-refractivity contribution < 1.29 is 8.81 Å². The summed E-state index contributed by atoms with van der Waals surface area (Å²) in [7, 11) is 0. The van der Waals surface area contributed by atoms with Crippen LogP contribution in [0.4, 0.5) is 4.39 Å². The molecule has 0 spiro atoms. The maximum Gasteiger partial charge on any atom is 0.212 e. The monoisotopic (exact) mass is 445 g/mol. The third-order valence-corrected chi connectivity index (χ3v) is 5.08. The number of aromatic nitrogens is 1. The molecule has 0 aliphatic carbocycles. The number of fused-ring (bicyclic) bond motifs is 1. The molecule has 2 heterocycles. The first-order chi connectivity index (χ1) is 12.1. The quantitative estimate of drug-likeness (QED) is 0.414. The van der Waals surface area contributed by atoms with Crippen LogP contribution in [0.15, 0.2) is 76.1 Å². The van der Waals surface area contributed by atoms with Gasteiger partial charge in [-0.1, -0.05) is 30.3 Å². The molecule has 0 aliphatic rings. The average Bonchev–Trinajstić information content (AvgIpc) is 2.98. The molecule has 0 fully saturated rings. The van der Waals surface area contributed by atoms with Crippen molar-refractivity contribution in [3.8, 4) is 11.3 Å². The molecule has 4 aromatic rings. The molecule has 4 rings (SSSR count). The third kappa shape index (κ3) is 3.00. The van der Waals surface area contributed by atoms with Crippen molar-refractivity contribution in [3.05, 3.63) is 92.0 Å². The molecule has 0 saturated heterocycles. The molecule has 0 amide bonds. The number of hydrogen-bond donors (Lipinski definition) is 0. The highest BCUT2D eigenvalue weighted by molar-refractivity contribution is 14.1. The summed E-state index contributed by atoms with van der Waals surface area (Å²) < 4.78 is 21.9. The van der Waals surface area contributed by atoms with Gasteiger partial charge in [-0.05, 0) is 52.4 Å². The largest absolute Gasteiger partial charge is 0.438 e. The van der Waals surface area contributed by atoms with Crippen molar-refractivity contribution in [3.63, 3.8) is 0 Å². The number of pyridine rings is 1. The molecule has 0 saturated carbocycles. The Balaban J connectivity index is 1.89. The maximum absolute atomic E-state index is 13.2. The zero-order chi connectivity index (χ0) is 17.4. The van der Waals surface area contributed by atoms with Crippen molar-refractivity contribution in [2.45, 2.75) is 6.54 Å². The highest BCUT2D eigenvalue weighted by Crippen LogP contribution is 2.33. The number of nitrogens with zero attached hydrogens (tertiary/aromatic N) is 1. The molecule has 0 bridgehead atoms. The zero-order valence-electron chi connectivity index (χ0n) is 13.1. The minimum atomic E-state index is -0.307. The summed E-state index contributed by atoms with van der Waals surface area (Å²) in [6.07, 6.45) is 1.74. The fourth-order valence-corrected chi connectivity index (χ4v) is 3.73. The van der Waals surface area contributed by atoms with Crippen molar-refractivity contribution in [2.24, 2.45) is 0 Å². The van der Waals surface area contributed by atoms with Crippen molar-refractivity contribution >= 4 is 33.7 Å². The molecule has 3 nitrogen and oxygen atoms in total. The topological polar surface area (TPSA) is 35.1 Å². The lowest BCUT2D eigenvalue weighted by Gasteiger charge is -2.07. The molecule has 5 heteroatoms. The van der Waals surface area contributed by atoms with E-state index in [0.29, 0.717) is 23.4 Å². The van der Waals surface area contributed by atoms with Gasteiger partial charge in [0.15, 0.2) is 11.2 Å². The Morgan fingerprint density at radius 3 is 2.44 bits per heavy atom. The van der Waals surface area contributed by atoms with Gasteiger partial charge in [-0.15, -0.1) is 0 Å². The number of benzene rings is 2. The van der Waals surface area contributed by atoms with Gasteiger partial charge in [-0.2, -0.15) is 0 Å². The van der Waals surface area contributed by atoms with Gasteiger partial charge in [0.25, 0.3) is 0 Å². The van der Waals surface area contributed by atoms with Gasteiger partial charge in [0, 0.05) is 17.8 Å². The normalized spacial score (nSPS) is 11.1. The predicted octanol–water partition coefficient (Wildman–Crippen LogP) is 5.05.